The van der Waals surface area contributed by atoms with E-state index in [9.17, 15) is 9.18 Å². The zero-order valence-corrected chi connectivity index (χ0v) is 11.0. The lowest BCUT2D eigenvalue weighted by Crippen LogP contribution is -2.13. The zero-order chi connectivity index (χ0) is 14.0. The van der Waals surface area contributed by atoms with Crippen molar-refractivity contribution >= 4 is 40.5 Å². The minimum absolute atomic E-state index is 0.00852. The lowest BCUT2D eigenvalue weighted by Gasteiger charge is -2.07. The number of nitrogens with zero attached hydrogens (tertiary/aromatic N) is 1. The Morgan fingerprint density at radius 1 is 1.26 bits per heavy atom. The van der Waals surface area contributed by atoms with E-state index in [-0.39, 0.29) is 21.4 Å². The van der Waals surface area contributed by atoms with E-state index in [1.54, 1.807) is 0 Å². The summed E-state index contributed by atoms with van der Waals surface area (Å²) in [4.78, 5) is 15.7. The first kappa shape index (κ1) is 13.6. The van der Waals surface area contributed by atoms with Gasteiger partial charge in [0.25, 0.3) is 5.91 Å². The summed E-state index contributed by atoms with van der Waals surface area (Å²) in [5, 5.41) is 2.65. The lowest BCUT2D eigenvalue weighted by atomic mass is 10.2. The molecular weight excluding hydrogens is 292 g/mol. The van der Waals surface area contributed by atoms with Gasteiger partial charge < -0.3 is 11.1 Å². The molecule has 0 bridgehead atoms. The molecule has 98 valence electrons. The van der Waals surface area contributed by atoms with E-state index in [2.05, 4.69) is 10.3 Å². The Hall–Kier alpha value is -1.85. The lowest BCUT2D eigenvalue weighted by molar-refractivity contribution is 0.102. The van der Waals surface area contributed by atoms with E-state index >= 15 is 0 Å². The second-order valence-corrected chi connectivity index (χ2v) is 4.51. The number of nitrogen functional groups attached to an aromatic ring is 1. The Kier molecular flexibility index (Phi) is 3.87. The molecule has 0 saturated carbocycles. The van der Waals surface area contributed by atoms with Gasteiger partial charge in [0.2, 0.25) is 0 Å². The number of carbonyl (C=O) groups excluding carboxylic acids is 1. The molecule has 1 aromatic carbocycles. The molecular formula is C12H8Cl2FN3O. The number of benzene rings is 1. The minimum atomic E-state index is -0.556. The first-order chi connectivity index (χ1) is 8.95. The summed E-state index contributed by atoms with van der Waals surface area (Å²) in [5.41, 5.74) is 6.14. The van der Waals surface area contributed by atoms with Gasteiger partial charge in [0, 0.05) is 10.7 Å². The van der Waals surface area contributed by atoms with Crippen LogP contribution >= 0.6 is 23.2 Å². The molecule has 0 spiro atoms. The Labute approximate surface area is 118 Å². The van der Waals surface area contributed by atoms with Crippen molar-refractivity contribution in [1.29, 1.82) is 0 Å². The standard InChI is InChI=1S/C12H8Cl2FN3O/c13-6-1-7(15)3-9(2-6)18-12(19)10-4-8(16)5-17-11(10)14/h1-5H,16H2,(H,18,19). The number of carbonyl (C=O) groups is 1. The summed E-state index contributed by atoms with van der Waals surface area (Å²) in [7, 11) is 0. The van der Waals surface area contributed by atoms with Crippen LogP contribution in [-0.2, 0) is 0 Å². The Morgan fingerprint density at radius 3 is 2.68 bits per heavy atom. The van der Waals surface area contributed by atoms with Crippen molar-refractivity contribution in [2.24, 2.45) is 0 Å². The summed E-state index contributed by atoms with van der Waals surface area (Å²) in [5.74, 6) is -1.11. The summed E-state index contributed by atoms with van der Waals surface area (Å²) < 4.78 is 13.1. The third-order valence-electron chi connectivity index (χ3n) is 2.23. The van der Waals surface area contributed by atoms with Gasteiger partial charge in [-0.05, 0) is 24.3 Å². The van der Waals surface area contributed by atoms with E-state index < -0.39 is 11.7 Å². The Bertz CT molecular complexity index is 629. The molecule has 0 aliphatic carbocycles. The number of rotatable bonds is 2. The second kappa shape index (κ2) is 5.42. The Morgan fingerprint density at radius 2 is 2.00 bits per heavy atom. The normalized spacial score (nSPS) is 10.3. The zero-order valence-electron chi connectivity index (χ0n) is 9.45. The summed E-state index contributed by atoms with van der Waals surface area (Å²) in [6.07, 6.45) is 1.33. The highest BCUT2D eigenvalue weighted by molar-refractivity contribution is 6.33. The molecule has 1 aromatic heterocycles. The highest BCUT2D eigenvalue weighted by Crippen LogP contribution is 2.21. The number of aromatic nitrogens is 1. The maximum Gasteiger partial charge on any atom is 0.258 e. The third kappa shape index (κ3) is 3.33. The first-order valence-corrected chi connectivity index (χ1v) is 5.90. The monoisotopic (exact) mass is 299 g/mol. The van der Waals surface area contributed by atoms with Gasteiger partial charge in [-0.1, -0.05) is 23.2 Å². The minimum Gasteiger partial charge on any atom is -0.397 e. The van der Waals surface area contributed by atoms with Crippen LogP contribution in [0.3, 0.4) is 0 Å². The molecule has 3 N–H and O–H groups in total. The molecule has 0 aliphatic heterocycles. The molecule has 0 radical (unpaired) electrons. The van der Waals surface area contributed by atoms with Crippen LogP contribution in [0.5, 0.6) is 0 Å². The maximum absolute atomic E-state index is 13.1. The van der Waals surface area contributed by atoms with E-state index in [0.717, 1.165) is 12.1 Å². The number of amides is 1. The van der Waals surface area contributed by atoms with Crippen LogP contribution in [0.2, 0.25) is 10.2 Å². The average Bonchev–Trinajstić information content (AvgIpc) is 2.30. The van der Waals surface area contributed by atoms with Crippen molar-refractivity contribution in [3.63, 3.8) is 0 Å². The fourth-order valence-corrected chi connectivity index (χ4v) is 1.86. The van der Waals surface area contributed by atoms with Gasteiger partial charge in [-0.25, -0.2) is 9.37 Å². The number of hydrogen-bond donors (Lipinski definition) is 2. The van der Waals surface area contributed by atoms with Crippen LogP contribution in [-0.4, -0.2) is 10.9 Å². The number of anilines is 2. The van der Waals surface area contributed by atoms with Crippen LogP contribution in [0, 0.1) is 5.82 Å². The van der Waals surface area contributed by atoms with Crippen molar-refractivity contribution in [3.8, 4) is 0 Å². The first-order valence-electron chi connectivity index (χ1n) is 5.14. The van der Waals surface area contributed by atoms with Crippen LogP contribution in [0.1, 0.15) is 10.4 Å². The molecule has 0 aliphatic rings. The van der Waals surface area contributed by atoms with Gasteiger partial charge in [-0.3, -0.25) is 4.79 Å². The largest absolute Gasteiger partial charge is 0.397 e. The van der Waals surface area contributed by atoms with Gasteiger partial charge in [0.05, 0.1) is 17.4 Å². The fraction of sp³-hybridized carbons (Fsp3) is 0. The predicted octanol–water partition coefficient (Wildman–Crippen LogP) is 3.36. The number of hydrogen-bond acceptors (Lipinski definition) is 3. The number of nitrogens with two attached hydrogens (primary N) is 1. The van der Waals surface area contributed by atoms with E-state index in [4.69, 9.17) is 28.9 Å². The molecule has 0 atom stereocenters. The van der Waals surface area contributed by atoms with Crippen molar-refractivity contribution in [2.45, 2.75) is 0 Å². The van der Waals surface area contributed by atoms with Gasteiger partial charge in [0.15, 0.2) is 0 Å². The van der Waals surface area contributed by atoms with E-state index in [1.807, 2.05) is 0 Å². The molecule has 1 amide bonds. The molecule has 19 heavy (non-hydrogen) atoms. The van der Waals surface area contributed by atoms with Crippen molar-refractivity contribution in [2.75, 3.05) is 11.1 Å². The molecule has 1 heterocycles. The third-order valence-corrected chi connectivity index (χ3v) is 2.74. The number of pyridine rings is 1. The maximum atomic E-state index is 13.1. The van der Waals surface area contributed by atoms with Gasteiger partial charge >= 0.3 is 0 Å². The molecule has 4 nitrogen and oxygen atoms in total. The number of nitrogens with one attached hydrogen (secondary N) is 1. The van der Waals surface area contributed by atoms with Crippen molar-refractivity contribution < 1.29 is 9.18 Å². The van der Waals surface area contributed by atoms with Crippen LogP contribution in [0.15, 0.2) is 30.5 Å². The second-order valence-electron chi connectivity index (χ2n) is 3.72. The smallest absolute Gasteiger partial charge is 0.258 e. The summed E-state index contributed by atoms with van der Waals surface area (Å²) in [6, 6.07) is 5.06. The van der Waals surface area contributed by atoms with Crippen LogP contribution in [0.25, 0.3) is 0 Å². The van der Waals surface area contributed by atoms with Gasteiger partial charge in [-0.15, -0.1) is 0 Å². The van der Waals surface area contributed by atoms with Crippen molar-refractivity contribution in [1.82, 2.24) is 4.98 Å². The molecule has 2 aromatic rings. The Balaban J connectivity index is 2.28. The number of halogens is 3. The molecule has 0 saturated heterocycles. The molecule has 2 rings (SSSR count). The molecule has 0 fully saturated rings. The van der Waals surface area contributed by atoms with E-state index in [0.29, 0.717) is 5.69 Å². The fourth-order valence-electron chi connectivity index (χ4n) is 1.45. The highest BCUT2D eigenvalue weighted by atomic mass is 35.5. The van der Waals surface area contributed by atoms with Crippen molar-refractivity contribution in [3.05, 3.63) is 52.0 Å². The highest BCUT2D eigenvalue weighted by Gasteiger charge is 2.13. The van der Waals surface area contributed by atoms with Gasteiger partial charge in [0.1, 0.15) is 11.0 Å². The quantitative estimate of drug-likeness (QED) is 0.836. The average molecular weight is 300 g/mol. The van der Waals surface area contributed by atoms with Crippen LogP contribution in [0.4, 0.5) is 15.8 Å². The SMILES string of the molecule is Nc1cnc(Cl)c(C(=O)Nc2cc(F)cc(Cl)c2)c1. The van der Waals surface area contributed by atoms with Gasteiger partial charge in [-0.2, -0.15) is 0 Å². The molecule has 0 unspecified atom stereocenters. The predicted molar refractivity (Wildman–Crippen MR) is 73.0 cm³/mol. The topological polar surface area (TPSA) is 68.0 Å². The summed E-state index contributed by atoms with van der Waals surface area (Å²) >= 11 is 11.5. The molecule has 7 heteroatoms. The summed E-state index contributed by atoms with van der Waals surface area (Å²) in [6.45, 7) is 0. The van der Waals surface area contributed by atoms with Crippen LogP contribution < -0.4 is 11.1 Å². The van der Waals surface area contributed by atoms with E-state index in [1.165, 1.54) is 18.3 Å².